The Hall–Kier alpha value is -1.11. The van der Waals surface area contributed by atoms with E-state index in [2.05, 4.69) is 26.8 Å². The van der Waals surface area contributed by atoms with Crippen molar-refractivity contribution in [2.24, 2.45) is 0 Å². The summed E-state index contributed by atoms with van der Waals surface area (Å²) in [6, 6.07) is 0. The minimum atomic E-state index is -0.0289. The lowest BCUT2D eigenvalue weighted by Crippen LogP contribution is -1.91. The van der Waals surface area contributed by atoms with Crippen molar-refractivity contribution in [3.63, 3.8) is 0 Å². The van der Waals surface area contributed by atoms with Gasteiger partial charge in [-0.1, -0.05) is 28.4 Å². The predicted octanol–water partition coefficient (Wildman–Crippen LogP) is 6.03. The van der Waals surface area contributed by atoms with Crippen molar-refractivity contribution in [1.29, 1.82) is 0 Å². The summed E-state index contributed by atoms with van der Waals surface area (Å²) >= 11 is 0. The molecule has 0 aromatic carbocycles. The summed E-state index contributed by atoms with van der Waals surface area (Å²) in [7, 11) is 0. The van der Waals surface area contributed by atoms with E-state index < -0.39 is 0 Å². The number of hydrogen-bond donors (Lipinski definition) is 0. The van der Waals surface area contributed by atoms with E-state index >= 15 is 0 Å². The average molecular weight is 248 g/mol. The van der Waals surface area contributed by atoms with E-state index in [1.54, 1.807) is 11.6 Å². The zero-order chi connectivity index (χ0) is 13.7. The zero-order valence-electron chi connectivity index (χ0n) is 12.4. The molecular weight excluding hydrogens is 223 g/mol. The maximum atomic E-state index is 12.6. The quantitative estimate of drug-likeness (QED) is 0.490. The molecule has 0 nitrogen and oxygen atoms in total. The third kappa shape index (κ3) is 4.64. The largest absolute Gasteiger partial charge is 0.207 e. The maximum absolute atomic E-state index is 12.6. The van der Waals surface area contributed by atoms with Crippen LogP contribution in [0.5, 0.6) is 0 Å². The molecule has 2 aliphatic rings. The molecule has 0 saturated carbocycles. The highest BCUT2D eigenvalue weighted by Gasteiger charge is 2.05. The van der Waals surface area contributed by atoms with Crippen molar-refractivity contribution in [3.05, 3.63) is 45.8 Å². The Labute approximate surface area is 111 Å². The van der Waals surface area contributed by atoms with Crippen LogP contribution in [0.4, 0.5) is 4.39 Å². The molecule has 1 heteroatoms. The SMILES string of the molecule is CC1=CC(C)=C(C)CC1.CC1=CC(F)=C(C)CC1. The van der Waals surface area contributed by atoms with E-state index in [4.69, 9.17) is 0 Å². The van der Waals surface area contributed by atoms with E-state index in [-0.39, 0.29) is 5.83 Å². The van der Waals surface area contributed by atoms with Crippen LogP contribution in [-0.2, 0) is 0 Å². The molecule has 0 spiro atoms. The van der Waals surface area contributed by atoms with Gasteiger partial charge in [0.25, 0.3) is 0 Å². The van der Waals surface area contributed by atoms with E-state index in [0.29, 0.717) is 0 Å². The highest BCUT2D eigenvalue weighted by molar-refractivity contribution is 5.30. The first kappa shape index (κ1) is 14.9. The second-order valence-electron chi connectivity index (χ2n) is 5.57. The van der Waals surface area contributed by atoms with Crippen LogP contribution in [0.25, 0.3) is 0 Å². The van der Waals surface area contributed by atoms with Gasteiger partial charge >= 0.3 is 0 Å². The van der Waals surface area contributed by atoms with Crippen molar-refractivity contribution in [2.45, 2.75) is 60.3 Å². The fourth-order valence-corrected chi connectivity index (χ4v) is 2.06. The second-order valence-corrected chi connectivity index (χ2v) is 5.57. The van der Waals surface area contributed by atoms with Gasteiger partial charge in [0.1, 0.15) is 5.83 Å². The molecule has 0 bridgehead atoms. The van der Waals surface area contributed by atoms with Crippen molar-refractivity contribution in [1.82, 2.24) is 0 Å². The van der Waals surface area contributed by atoms with E-state index in [1.165, 1.54) is 24.0 Å². The summed E-state index contributed by atoms with van der Waals surface area (Å²) in [6.07, 6.45) is 8.38. The summed E-state index contributed by atoms with van der Waals surface area (Å²) in [5.41, 5.74) is 6.59. The lowest BCUT2D eigenvalue weighted by molar-refractivity contribution is 0.630. The molecule has 0 N–H and O–H groups in total. The molecule has 0 saturated heterocycles. The first-order valence-electron chi connectivity index (χ1n) is 6.76. The monoisotopic (exact) mass is 248 g/mol. The van der Waals surface area contributed by atoms with Gasteiger partial charge < -0.3 is 0 Å². The molecule has 0 aliphatic heterocycles. The Morgan fingerprint density at radius 3 is 1.61 bits per heavy atom. The molecule has 0 amide bonds. The molecule has 0 aromatic rings. The maximum Gasteiger partial charge on any atom is 0.122 e. The molecule has 0 radical (unpaired) electrons. The Balaban J connectivity index is 0.000000180. The van der Waals surface area contributed by atoms with Crippen LogP contribution in [0.2, 0.25) is 0 Å². The fraction of sp³-hybridized carbons (Fsp3) is 0.529. The Kier molecular flexibility index (Phi) is 5.58. The summed E-state index contributed by atoms with van der Waals surface area (Å²) in [6.45, 7) is 10.4. The van der Waals surface area contributed by atoms with Crippen molar-refractivity contribution < 1.29 is 4.39 Å². The highest BCUT2D eigenvalue weighted by Crippen LogP contribution is 2.23. The van der Waals surface area contributed by atoms with Crippen molar-refractivity contribution in [3.8, 4) is 0 Å². The van der Waals surface area contributed by atoms with Gasteiger partial charge in [0, 0.05) is 0 Å². The van der Waals surface area contributed by atoms with Crippen LogP contribution in [0.1, 0.15) is 60.3 Å². The van der Waals surface area contributed by atoms with Crippen molar-refractivity contribution >= 4 is 0 Å². The van der Waals surface area contributed by atoms with Crippen LogP contribution >= 0.6 is 0 Å². The Morgan fingerprint density at radius 1 is 0.722 bits per heavy atom. The number of rotatable bonds is 0. The van der Waals surface area contributed by atoms with Crippen molar-refractivity contribution in [2.75, 3.05) is 0 Å². The minimum absolute atomic E-state index is 0.0289. The van der Waals surface area contributed by atoms with E-state index in [9.17, 15) is 4.39 Å². The first-order valence-corrected chi connectivity index (χ1v) is 6.76. The summed E-state index contributed by atoms with van der Waals surface area (Å²) in [5.74, 6) is -0.0289. The standard InChI is InChI=1S/C9H14.C8H11F/c1-7-4-5-8(2)9(3)6-7;1-6-3-4-7(2)8(9)5-6/h6H,4-5H2,1-3H3;5H,3-4H2,1-2H3. The van der Waals surface area contributed by atoms with Gasteiger partial charge in [-0.25, -0.2) is 4.39 Å². The van der Waals surface area contributed by atoms with Crippen LogP contribution in [0, 0.1) is 0 Å². The first-order chi connectivity index (χ1) is 8.40. The second kappa shape index (κ2) is 6.72. The predicted molar refractivity (Wildman–Crippen MR) is 78.2 cm³/mol. The van der Waals surface area contributed by atoms with Gasteiger partial charge in [0.2, 0.25) is 0 Å². The third-order valence-corrected chi connectivity index (χ3v) is 3.71. The van der Waals surface area contributed by atoms with Gasteiger partial charge in [0.05, 0.1) is 0 Å². The minimum Gasteiger partial charge on any atom is -0.207 e. The smallest absolute Gasteiger partial charge is 0.122 e. The summed E-state index contributed by atoms with van der Waals surface area (Å²) < 4.78 is 12.6. The molecule has 2 rings (SSSR count). The lowest BCUT2D eigenvalue weighted by atomic mass is 9.95. The van der Waals surface area contributed by atoms with Crippen LogP contribution in [0.15, 0.2) is 45.8 Å². The average Bonchev–Trinajstić information content (AvgIpc) is 2.30. The summed E-state index contributed by atoms with van der Waals surface area (Å²) in [4.78, 5) is 0. The molecule has 100 valence electrons. The Bertz CT molecular complexity index is 389. The molecule has 18 heavy (non-hydrogen) atoms. The van der Waals surface area contributed by atoms with Crippen LogP contribution in [0.3, 0.4) is 0 Å². The van der Waals surface area contributed by atoms with Gasteiger partial charge in [-0.05, 0) is 72.0 Å². The van der Waals surface area contributed by atoms with Crippen LogP contribution < -0.4 is 0 Å². The number of halogens is 1. The van der Waals surface area contributed by atoms with Crippen LogP contribution in [-0.4, -0.2) is 0 Å². The summed E-state index contributed by atoms with van der Waals surface area (Å²) in [5, 5.41) is 0. The molecule has 0 heterocycles. The van der Waals surface area contributed by atoms with E-state index in [1.807, 2.05) is 13.8 Å². The fourth-order valence-electron chi connectivity index (χ4n) is 2.06. The highest BCUT2D eigenvalue weighted by atomic mass is 19.1. The normalized spacial score (nSPS) is 20.1. The van der Waals surface area contributed by atoms with E-state index in [0.717, 1.165) is 24.0 Å². The van der Waals surface area contributed by atoms with Gasteiger partial charge in [0.15, 0.2) is 0 Å². The number of allylic oxidation sites excluding steroid dienone is 8. The molecule has 0 aromatic heterocycles. The van der Waals surface area contributed by atoms with Gasteiger partial charge in [-0.3, -0.25) is 0 Å². The van der Waals surface area contributed by atoms with Gasteiger partial charge in [-0.2, -0.15) is 0 Å². The topological polar surface area (TPSA) is 0 Å². The third-order valence-electron chi connectivity index (χ3n) is 3.71. The Morgan fingerprint density at radius 2 is 1.22 bits per heavy atom. The molecule has 2 aliphatic carbocycles. The number of hydrogen-bond acceptors (Lipinski definition) is 0. The molecular formula is C17H25F. The molecule has 0 fully saturated rings. The lowest BCUT2D eigenvalue weighted by Gasteiger charge is -2.11. The molecule has 0 unspecified atom stereocenters. The van der Waals surface area contributed by atoms with Gasteiger partial charge in [-0.15, -0.1) is 0 Å². The molecule has 0 atom stereocenters. The zero-order valence-corrected chi connectivity index (χ0v) is 12.4.